The van der Waals surface area contributed by atoms with Crippen molar-refractivity contribution in [2.45, 2.75) is 25.9 Å². The molecule has 0 saturated carbocycles. The van der Waals surface area contributed by atoms with Gasteiger partial charge in [-0.25, -0.2) is 0 Å². The van der Waals surface area contributed by atoms with Crippen LogP contribution < -0.4 is 0 Å². The van der Waals surface area contributed by atoms with Crippen LogP contribution in [0.4, 0.5) is 0 Å². The van der Waals surface area contributed by atoms with Gasteiger partial charge < -0.3 is 14.5 Å². The third kappa shape index (κ3) is 3.47. The van der Waals surface area contributed by atoms with E-state index in [2.05, 4.69) is 23.8 Å². The predicted molar refractivity (Wildman–Crippen MR) is 62.5 cm³/mol. The van der Waals surface area contributed by atoms with Gasteiger partial charge in [-0.05, 0) is 13.5 Å². The van der Waals surface area contributed by atoms with Crippen molar-refractivity contribution >= 4 is 5.84 Å². The van der Waals surface area contributed by atoms with Crippen LogP contribution in [0.15, 0.2) is 0 Å². The summed E-state index contributed by atoms with van der Waals surface area (Å²) in [5, 5.41) is 8.09. The van der Waals surface area contributed by atoms with E-state index >= 15 is 0 Å². The van der Waals surface area contributed by atoms with Gasteiger partial charge in [-0.3, -0.25) is 5.41 Å². The van der Waals surface area contributed by atoms with Gasteiger partial charge in [0.05, 0.1) is 0 Å². The summed E-state index contributed by atoms with van der Waals surface area (Å²) in [6, 6.07) is 0. The van der Waals surface area contributed by atoms with Gasteiger partial charge in [0.15, 0.2) is 0 Å². The van der Waals surface area contributed by atoms with Gasteiger partial charge in [0.2, 0.25) is 0 Å². The number of nitrogens with one attached hydrogen (secondary N) is 1. The van der Waals surface area contributed by atoms with Crippen molar-refractivity contribution in [3.8, 4) is 0 Å². The lowest BCUT2D eigenvalue weighted by Crippen LogP contribution is -2.50. The van der Waals surface area contributed by atoms with Crippen LogP contribution >= 0.6 is 0 Å². The van der Waals surface area contributed by atoms with Crippen molar-refractivity contribution in [1.29, 1.82) is 5.41 Å². The Balaban J connectivity index is 2.44. The van der Waals surface area contributed by atoms with Crippen molar-refractivity contribution < 1.29 is 4.74 Å². The van der Waals surface area contributed by atoms with Gasteiger partial charge in [-0.1, -0.05) is 13.3 Å². The van der Waals surface area contributed by atoms with Gasteiger partial charge in [0, 0.05) is 33.3 Å². The number of hydrogen-bond donors (Lipinski definition) is 1. The Labute approximate surface area is 92.7 Å². The highest BCUT2D eigenvalue weighted by molar-refractivity contribution is 5.83. The predicted octanol–water partition coefficient (Wildman–Crippen LogP) is 1.03. The van der Waals surface area contributed by atoms with Crippen molar-refractivity contribution in [2.75, 3.05) is 40.3 Å². The summed E-state index contributed by atoms with van der Waals surface area (Å²) in [5.74, 6) is 0.660. The lowest BCUT2D eigenvalue weighted by atomic mass is 10.1. The molecule has 0 aromatic rings. The molecule has 1 unspecified atom stereocenters. The molecule has 1 aliphatic heterocycles. The van der Waals surface area contributed by atoms with Crippen LogP contribution in [0, 0.1) is 5.41 Å². The first-order valence-corrected chi connectivity index (χ1v) is 5.73. The summed E-state index contributed by atoms with van der Waals surface area (Å²) in [5.41, 5.74) is 0. The maximum absolute atomic E-state index is 8.09. The maximum atomic E-state index is 8.09. The van der Waals surface area contributed by atoms with Crippen molar-refractivity contribution in [2.24, 2.45) is 0 Å². The molecule has 1 aliphatic rings. The van der Waals surface area contributed by atoms with Gasteiger partial charge in [0.25, 0.3) is 0 Å². The number of nitrogens with zero attached hydrogens (tertiary/aromatic N) is 2. The van der Waals surface area contributed by atoms with Gasteiger partial charge in [-0.15, -0.1) is 0 Å². The lowest BCUT2D eigenvalue weighted by Gasteiger charge is -2.36. The fourth-order valence-electron chi connectivity index (χ4n) is 1.88. The Morgan fingerprint density at radius 2 is 1.93 bits per heavy atom. The molecule has 1 atom stereocenters. The zero-order valence-corrected chi connectivity index (χ0v) is 10.1. The van der Waals surface area contributed by atoms with E-state index in [1.807, 2.05) is 0 Å². The van der Waals surface area contributed by atoms with Crippen LogP contribution in [0.2, 0.25) is 0 Å². The van der Waals surface area contributed by atoms with Gasteiger partial charge in [0.1, 0.15) is 11.9 Å². The van der Waals surface area contributed by atoms with E-state index in [1.165, 1.54) is 0 Å². The second-order valence-corrected chi connectivity index (χ2v) is 4.19. The first-order chi connectivity index (χ1) is 7.19. The highest BCUT2D eigenvalue weighted by atomic mass is 16.5. The zero-order valence-electron chi connectivity index (χ0n) is 10.1. The number of rotatable bonds is 4. The molecule has 1 fully saturated rings. The minimum Gasteiger partial charge on any atom is -0.374 e. The van der Waals surface area contributed by atoms with E-state index in [4.69, 9.17) is 10.1 Å². The van der Waals surface area contributed by atoms with Crippen molar-refractivity contribution in [1.82, 2.24) is 9.80 Å². The second-order valence-electron chi connectivity index (χ2n) is 4.19. The Bertz CT molecular complexity index is 200. The molecule has 0 aliphatic carbocycles. The molecule has 1 saturated heterocycles. The average molecular weight is 213 g/mol. The first-order valence-electron chi connectivity index (χ1n) is 5.73. The second kappa shape index (κ2) is 6.08. The van der Waals surface area contributed by atoms with Crippen LogP contribution in [0.25, 0.3) is 0 Å². The highest BCUT2D eigenvalue weighted by Crippen LogP contribution is 2.08. The average Bonchev–Trinajstić information content (AvgIpc) is 2.26. The highest BCUT2D eigenvalue weighted by Gasteiger charge is 2.22. The molecule has 4 heteroatoms. The molecular weight excluding hydrogens is 190 g/mol. The smallest absolute Gasteiger partial charge is 0.126 e. The Morgan fingerprint density at radius 1 is 1.33 bits per heavy atom. The number of methoxy groups -OCH3 is 1. The molecule has 15 heavy (non-hydrogen) atoms. The molecule has 0 bridgehead atoms. The first kappa shape index (κ1) is 12.5. The topological polar surface area (TPSA) is 39.6 Å². The molecule has 1 rings (SSSR count). The molecular formula is C11H23N3O. The molecule has 4 nitrogen and oxygen atoms in total. The number of amidine groups is 1. The summed E-state index contributed by atoms with van der Waals surface area (Å²) in [6.07, 6.45) is 1.99. The van der Waals surface area contributed by atoms with E-state index in [0.717, 1.165) is 39.0 Å². The molecule has 1 heterocycles. The summed E-state index contributed by atoms with van der Waals surface area (Å²) >= 11 is 0. The monoisotopic (exact) mass is 213 g/mol. The number of hydrogen-bond acceptors (Lipinski definition) is 3. The maximum Gasteiger partial charge on any atom is 0.126 e. The molecule has 1 N–H and O–H groups in total. The van der Waals surface area contributed by atoms with E-state index in [1.54, 1.807) is 7.11 Å². The molecule has 0 aromatic carbocycles. The SMILES string of the molecule is CCCC(OC)C(=N)N1CCN(C)CC1. The Kier molecular flexibility index (Phi) is 5.05. The van der Waals surface area contributed by atoms with Crippen LogP contribution in [-0.2, 0) is 4.74 Å². The summed E-state index contributed by atoms with van der Waals surface area (Å²) < 4.78 is 5.35. The van der Waals surface area contributed by atoms with E-state index in [-0.39, 0.29) is 6.10 Å². The van der Waals surface area contributed by atoms with Crippen LogP contribution in [0.1, 0.15) is 19.8 Å². The van der Waals surface area contributed by atoms with Crippen LogP contribution in [0.3, 0.4) is 0 Å². The van der Waals surface area contributed by atoms with Crippen molar-refractivity contribution in [3.05, 3.63) is 0 Å². The number of piperazine rings is 1. The normalized spacial score (nSPS) is 20.3. The standard InChI is InChI=1S/C11H23N3O/c1-4-5-10(15-3)11(12)14-8-6-13(2)7-9-14/h10,12H,4-9H2,1-3H3. The largest absolute Gasteiger partial charge is 0.374 e. The van der Waals surface area contributed by atoms with Gasteiger partial charge >= 0.3 is 0 Å². The van der Waals surface area contributed by atoms with E-state index < -0.39 is 0 Å². The molecule has 0 amide bonds. The third-order valence-corrected chi connectivity index (χ3v) is 2.98. The molecule has 0 radical (unpaired) electrons. The minimum absolute atomic E-state index is 0.0154. The quantitative estimate of drug-likeness (QED) is 0.560. The summed E-state index contributed by atoms with van der Waals surface area (Å²) in [6.45, 7) is 6.14. The zero-order chi connectivity index (χ0) is 11.3. The van der Waals surface area contributed by atoms with E-state index in [0.29, 0.717) is 5.84 Å². The fraction of sp³-hybridized carbons (Fsp3) is 0.909. The lowest BCUT2D eigenvalue weighted by molar-refractivity contribution is 0.124. The van der Waals surface area contributed by atoms with Gasteiger partial charge in [-0.2, -0.15) is 0 Å². The Hall–Kier alpha value is -0.610. The van der Waals surface area contributed by atoms with Crippen LogP contribution in [-0.4, -0.2) is 62.1 Å². The molecule has 88 valence electrons. The van der Waals surface area contributed by atoms with Crippen molar-refractivity contribution in [3.63, 3.8) is 0 Å². The minimum atomic E-state index is -0.0154. The number of likely N-dealkylation sites (N-methyl/N-ethyl adjacent to an activating group) is 1. The summed E-state index contributed by atoms with van der Waals surface area (Å²) in [4.78, 5) is 4.44. The fourth-order valence-corrected chi connectivity index (χ4v) is 1.88. The molecule has 0 aromatic heterocycles. The van der Waals surface area contributed by atoms with Crippen LogP contribution in [0.5, 0.6) is 0 Å². The Morgan fingerprint density at radius 3 is 2.40 bits per heavy atom. The number of ether oxygens (including phenoxy) is 1. The summed E-state index contributed by atoms with van der Waals surface area (Å²) in [7, 11) is 3.83. The third-order valence-electron chi connectivity index (χ3n) is 2.98. The molecule has 0 spiro atoms. The van der Waals surface area contributed by atoms with E-state index in [9.17, 15) is 0 Å².